The van der Waals surface area contributed by atoms with Crippen LogP contribution < -0.4 is 16.0 Å². The van der Waals surface area contributed by atoms with E-state index in [0.717, 1.165) is 5.56 Å². The number of benzene rings is 1. The number of hydrogen-bond donors (Lipinski definition) is 3. The number of carbonyl (C=O) groups is 2. The monoisotopic (exact) mass is 359 g/mol. The van der Waals surface area contributed by atoms with Crippen LogP contribution in [0.4, 0.5) is 20.7 Å². The molecule has 3 N–H and O–H groups in total. The van der Waals surface area contributed by atoms with Gasteiger partial charge in [0.2, 0.25) is 0 Å². The van der Waals surface area contributed by atoms with Crippen LogP contribution in [-0.2, 0) is 0 Å². The Labute approximate surface area is 145 Å². The van der Waals surface area contributed by atoms with Gasteiger partial charge in [-0.1, -0.05) is 12.1 Å². The summed E-state index contributed by atoms with van der Waals surface area (Å²) in [5.41, 5.74) is 1.95. The van der Waals surface area contributed by atoms with E-state index in [2.05, 4.69) is 25.9 Å². The number of thiazole rings is 2. The third-order valence-corrected chi connectivity index (χ3v) is 4.33. The molecule has 0 bridgehead atoms. The van der Waals surface area contributed by atoms with Gasteiger partial charge in [0.25, 0.3) is 5.91 Å². The predicted octanol–water partition coefficient (Wildman–Crippen LogP) is 3.80. The van der Waals surface area contributed by atoms with Crippen molar-refractivity contribution in [2.24, 2.45) is 0 Å². The molecule has 24 heavy (non-hydrogen) atoms. The lowest BCUT2D eigenvalue weighted by Crippen LogP contribution is -2.19. The van der Waals surface area contributed by atoms with Crippen molar-refractivity contribution in [2.45, 2.75) is 6.92 Å². The van der Waals surface area contributed by atoms with Crippen LogP contribution in [0.25, 0.3) is 0 Å². The first-order valence-electron chi connectivity index (χ1n) is 6.91. The molecule has 0 aliphatic carbocycles. The molecule has 3 rings (SSSR count). The van der Waals surface area contributed by atoms with E-state index in [4.69, 9.17) is 0 Å². The third-order valence-electron chi connectivity index (χ3n) is 2.89. The molecule has 2 heterocycles. The molecule has 0 aliphatic rings. The molecule has 0 radical (unpaired) electrons. The van der Waals surface area contributed by atoms with Gasteiger partial charge in [0.05, 0.1) is 0 Å². The van der Waals surface area contributed by atoms with E-state index >= 15 is 0 Å². The van der Waals surface area contributed by atoms with Crippen molar-refractivity contribution in [3.8, 4) is 0 Å². The maximum absolute atomic E-state index is 12.0. The molecule has 3 amide bonds. The summed E-state index contributed by atoms with van der Waals surface area (Å²) in [6, 6.07) is 7.03. The summed E-state index contributed by atoms with van der Waals surface area (Å²) in [5, 5.41) is 12.1. The number of carbonyl (C=O) groups excluding carboxylic acids is 2. The summed E-state index contributed by atoms with van der Waals surface area (Å²) in [7, 11) is 0. The Bertz CT molecular complexity index is 860. The molecule has 0 unspecified atom stereocenters. The predicted molar refractivity (Wildman–Crippen MR) is 96.0 cm³/mol. The number of amides is 3. The van der Waals surface area contributed by atoms with Gasteiger partial charge in [-0.15, -0.1) is 22.7 Å². The fraction of sp³-hybridized carbons (Fsp3) is 0.0667. The summed E-state index contributed by atoms with van der Waals surface area (Å²) in [6.45, 7) is 1.94. The van der Waals surface area contributed by atoms with Gasteiger partial charge in [0.1, 0.15) is 5.69 Å². The molecule has 3 aromatic rings. The molecule has 2 aromatic heterocycles. The first-order chi connectivity index (χ1) is 11.6. The number of hydrogen-bond acceptors (Lipinski definition) is 6. The highest BCUT2D eigenvalue weighted by atomic mass is 32.1. The van der Waals surface area contributed by atoms with Gasteiger partial charge in [0, 0.05) is 22.6 Å². The topological polar surface area (TPSA) is 96.0 Å². The largest absolute Gasteiger partial charge is 0.325 e. The number of rotatable bonds is 4. The van der Waals surface area contributed by atoms with Crippen molar-refractivity contribution in [2.75, 3.05) is 16.0 Å². The van der Waals surface area contributed by atoms with Crippen molar-refractivity contribution in [1.82, 2.24) is 9.97 Å². The number of nitrogens with zero attached hydrogens (tertiary/aromatic N) is 2. The Morgan fingerprint density at radius 3 is 2.71 bits per heavy atom. The summed E-state index contributed by atoms with van der Waals surface area (Å²) in [6.07, 6.45) is 1.60. The summed E-state index contributed by atoms with van der Waals surface area (Å²) >= 11 is 2.49. The lowest BCUT2D eigenvalue weighted by atomic mass is 10.2. The van der Waals surface area contributed by atoms with Crippen LogP contribution in [0.1, 0.15) is 16.1 Å². The zero-order valence-electron chi connectivity index (χ0n) is 12.6. The molecule has 1 aromatic carbocycles. The molecular weight excluding hydrogens is 346 g/mol. The summed E-state index contributed by atoms with van der Waals surface area (Å²) in [4.78, 5) is 32.0. The minimum atomic E-state index is -0.415. The van der Waals surface area contributed by atoms with Gasteiger partial charge in [-0.2, -0.15) is 0 Å². The Balaban J connectivity index is 1.59. The number of nitrogens with one attached hydrogen (secondary N) is 3. The normalized spacial score (nSPS) is 10.2. The van der Waals surface area contributed by atoms with Gasteiger partial charge < -0.3 is 5.32 Å². The standard InChI is InChI=1S/C15H13N5O2S2/c1-9-3-2-4-10(7-9)17-13(22)20-15-18-11(8-24-15)12(21)19-14-16-5-6-23-14/h2-8H,1H3,(H,16,19,21)(H2,17,18,20,22). The highest BCUT2D eigenvalue weighted by molar-refractivity contribution is 7.14. The Kier molecular flexibility index (Phi) is 4.82. The lowest BCUT2D eigenvalue weighted by molar-refractivity contribution is 0.102. The summed E-state index contributed by atoms with van der Waals surface area (Å²) < 4.78 is 0. The SMILES string of the molecule is Cc1cccc(NC(=O)Nc2nc(C(=O)Nc3nccs3)cs2)c1. The van der Waals surface area contributed by atoms with E-state index in [1.807, 2.05) is 25.1 Å². The van der Waals surface area contributed by atoms with Gasteiger partial charge in [-0.25, -0.2) is 14.8 Å². The van der Waals surface area contributed by atoms with E-state index in [-0.39, 0.29) is 11.6 Å². The van der Waals surface area contributed by atoms with Crippen LogP contribution in [0.15, 0.2) is 41.2 Å². The second kappa shape index (κ2) is 7.20. The molecular formula is C15H13N5O2S2. The van der Waals surface area contributed by atoms with Gasteiger partial charge in [0.15, 0.2) is 10.3 Å². The molecule has 0 saturated carbocycles. The molecule has 0 spiro atoms. The summed E-state index contributed by atoms with van der Waals surface area (Å²) in [5.74, 6) is -0.367. The van der Waals surface area contributed by atoms with E-state index in [1.165, 1.54) is 22.7 Å². The maximum atomic E-state index is 12.0. The minimum absolute atomic E-state index is 0.223. The maximum Gasteiger partial charge on any atom is 0.325 e. The lowest BCUT2D eigenvalue weighted by Gasteiger charge is -2.05. The van der Waals surface area contributed by atoms with Gasteiger partial charge >= 0.3 is 6.03 Å². The average Bonchev–Trinajstić information content (AvgIpc) is 3.19. The fourth-order valence-electron chi connectivity index (χ4n) is 1.86. The van der Waals surface area contributed by atoms with Crippen LogP contribution in [0, 0.1) is 6.92 Å². The van der Waals surface area contributed by atoms with Crippen LogP contribution in [0.2, 0.25) is 0 Å². The number of aryl methyl sites for hydroxylation is 1. The minimum Gasteiger partial charge on any atom is -0.308 e. The molecule has 0 atom stereocenters. The van der Waals surface area contributed by atoms with Crippen LogP contribution in [-0.4, -0.2) is 21.9 Å². The quantitative estimate of drug-likeness (QED) is 0.660. The van der Waals surface area contributed by atoms with Crippen molar-refractivity contribution in [3.05, 3.63) is 52.5 Å². The second-order valence-corrected chi connectivity index (χ2v) is 6.53. The van der Waals surface area contributed by atoms with Crippen LogP contribution in [0.5, 0.6) is 0 Å². The highest BCUT2D eigenvalue weighted by Gasteiger charge is 2.13. The highest BCUT2D eigenvalue weighted by Crippen LogP contribution is 2.18. The average molecular weight is 359 g/mol. The molecule has 7 nitrogen and oxygen atoms in total. The van der Waals surface area contributed by atoms with Crippen molar-refractivity contribution >= 4 is 50.6 Å². The van der Waals surface area contributed by atoms with E-state index in [1.54, 1.807) is 23.0 Å². The molecule has 122 valence electrons. The van der Waals surface area contributed by atoms with Crippen molar-refractivity contribution in [1.29, 1.82) is 0 Å². The van der Waals surface area contributed by atoms with E-state index in [0.29, 0.717) is 16.0 Å². The van der Waals surface area contributed by atoms with Crippen molar-refractivity contribution in [3.63, 3.8) is 0 Å². The first-order valence-corrected chi connectivity index (χ1v) is 8.67. The van der Waals surface area contributed by atoms with E-state index < -0.39 is 6.03 Å². The smallest absolute Gasteiger partial charge is 0.308 e. The van der Waals surface area contributed by atoms with E-state index in [9.17, 15) is 9.59 Å². The zero-order valence-corrected chi connectivity index (χ0v) is 14.2. The number of aromatic nitrogens is 2. The van der Waals surface area contributed by atoms with Gasteiger partial charge in [-0.05, 0) is 24.6 Å². The van der Waals surface area contributed by atoms with Crippen molar-refractivity contribution < 1.29 is 9.59 Å². The Morgan fingerprint density at radius 1 is 1.08 bits per heavy atom. The van der Waals surface area contributed by atoms with Crippen LogP contribution in [0.3, 0.4) is 0 Å². The first kappa shape index (κ1) is 16.1. The fourth-order valence-corrected chi connectivity index (χ4v) is 3.07. The zero-order chi connectivity index (χ0) is 16.9. The van der Waals surface area contributed by atoms with Gasteiger partial charge in [-0.3, -0.25) is 15.4 Å². The molecule has 9 heteroatoms. The third kappa shape index (κ3) is 4.15. The molecule has 0 aliphatic heterocycles. The molecule has 0 saturated heterocycles. The van der Waals surface area contributed by atoms with Crippen LogP contribution >= 0.6 is 22.7 Å². The second-order valence-electron chi connectivity index (χ2n) is 4.78. The number of anilines is 3. The Morgan fingerprint density at radius 2 is 1.96 bits per heavy atom. The number of urea groups is 1. The Hall–Kier alpha value is -2.78. The molecule has 0 fully saturated rings.